The van der Waals surface area contributed by atoms with Gasteiger partial charge in [-0.05, 0) is 68.6 Å². The van der Waals surface area contributed by atoms with Gasteiger partial charge in [0.05, 0.1) is 12.2 Å². The van der Waals surface area contributed by atoms with E-state index in [1.54, 1.807) is 0 Å². The Balaban J connectivity index is 1.72. The fourth-order valence-electron chi connectivity index (χ4n) is 4.79. The van der Waals surface area contributed by atoms with Gasteiger partial charge in [0.2, 0.25) is 0 Å². The minimum atomic E-state index is 0.148. The average molecular weight is 222 g/mol. The average Bonchev–Trinajstić information content (AvgIpc) is 2.58. The first-order chi connectivity index (χ1) is 7.40. The summed E-state index contributed by atoms with van der Waals surface area (Å²) >= 11 is 0. The van der Waals surface area contributed by atoms with Gasteiger partial charge in [-0.1, -0.05) is 13.8 Å². The van der Waals surface area contributed by atoms with Gasteiger partial charge in [-0.15, -0.1) is 0 Å². The van der Waals surface area contributed by atoms with Crippen LogP contribution in [0.4, 0.5) is 0 Å². The van der Waals surface area contributed by atoms with Crippen LogP contribution >= 0.6 is 0 Å². The highest BCUT2D eigenvalue weighted by Gasteiger charge is 2.56. The minimum Gasteiger partial charge on any atom is -0.375 e. The van der Waals surface area contributed by atoms with Crippen LogP contribution in [0.15, 0.2) is 0 Å². The fourth-order valence-corrected chi connectivity index (χ4v) is 4.79. The first-order valence-corrected chi connectivity index (χ1v) is 7.04. The normalized spacial score (nSPS) is 48.8. The van der Waals surface area contributed by atoms with Crippen molar-refractivity contribution in [1.82, 2.24) is 0 Å². The van der Waals surface area contributed by atoms with Crippen molar-refractivity contribution in [3.63, 3.8) is 0 Å². The van der Waals surface area contributed by atoms with E-state index in [1.165, 1.54) is 25.7 Å². The van der Waals surface area contributed by atoms with Crippen LogP contribution in [0.3, 0.4) is 0 Å². The molecular weight excluding hydrogens is 196 g/mol. The molecule has 4 fully saturated rings. The fraction of sp³-hybridized carbons (Fsp3) is 1.00. The third-order valence-electron chi connectivity index (χ3n) is 5.96. The van der Waals surface area contributed by atoms with Crippen LogP contribution in [0.25, 0.3) is 0 Å². The van der Waals surface area contributed by atoms with Crippen LogP contribution in [0, 0.1) is 29.1 Å². The summed E-state index contributed by atoms with van der Waals surface area (Å²) in [4.78, 5) is 0. The van der Waals surface area contributed by atoms with Gasteiger partial charge in [-0.3, -0.25) is 0 Å². The zero-order chi connectivity index (χ0) is 11.6. The van der Waals surface area contributed by atoms with Crippen LogP contribution in [0.1, 0.15) is 53.4 Å². The Bertz CT molecular complexity index is 290. The Labute approximate surface area is 99.9 Å². The summed E-state index contributed by atoms with van der Waals surface area (Å²) in [6.45, 7) is 10.5. The molecule has 3 saturated carbocycles. The van der Waals surface area contributed by atoms with E-state index in [9.17, 15) is 0 Å². The summed E-state index contributed by atoms with van der Waals surface area (Å²) in [5, 5.41) is 0. The maximum atomic E-state index is 5.94. The summed E-state index contributed by atoms with van der Waals surface area (Å²) in [6.07, 6.45) is 5.75. The Morgan fingerprint density at radius 2 is 1.81 bits per heavy atom. The molecule has 0 N–H and O–H groups in total. The molecule has 2 bridgehead atoms. The molecule has 0 aromatic heterocycles. The molecule has 0 amide bonds. The molecule has 4 aliphatic rings. The molecule has 4 rings (SSSR count). The van der Waals surface area contributed by atoms with Crippen molar-refractivity contribution in [1.29, 1.82) is 0 Å². The van der Waals surface area contributed by atoms with E-state index in [0.717, 1.165) is 30.3 Å². The van der Waals surface area contributed by atoms with E-state index in [-0.39, 0.29) is 5.60 Å². The van der Waals surface area contributed by atoms with Crippen molar-refractivity contribution in [2.75, 3.05) is 6.61 Å². The Morgan fingerprint density at radius 1 is 1.06 bits per heavy atom. The van der Waals surface area contributed by atoms with E-state index in [4.69, 9.17) is 4.74 Å². The lowest BCUT2D eigenvalue weighted by Crippen LogP contribution is -2.54. The Hall–Kier alpha value is -0.0400. The van der Waals surface area contributed by atoms with Gasteiger partial charge in [0, 0.05) is 0 Å². The third-order valence-corrected chi connectivity index (χ3v) is 5.96. The van der Waals surface area contributed by atoms with Crippen LogP contribution < -0.4 is 0 Å². The maximum Gasteiger partial charge on any atom is 0.0630 e. The predicted molar refractivity (Wildman–Crippen MR) is 66.2 cm³/mol. The highest BCUT2D eigenvalue weighted by molar-refractivity contribution is 5.05. The summed E-state index contributed by atoms with van der Waals surface area (Å²) in [7, 11) is 0. The zero-order valence-corrected chi connectivity index (χ0v) is 11.3. The zero-order valence-electron chi connectivity index (χ0n) is 11.3. The first-order valence-electron chi connectivity index (χ1n) is 7.04. The van der Waals surface area contributed by atoms with Crippen LogP contribution in [-0.2, 0) is 4.74 Å². The predicted octanol–water partition coefficient (Wildman–Crippen LogP) is 3.87. The minimum absolute atomic E-state index is 0.148. The molecule has 0 aromatic rings. The SMILES string of the molecule is CC1(C)CC(C2CCC3CC2C3(C)C)CO1. The molecule has 4 atom stereocenters. The smallest absolute Gasteiger partial charge is 0.0630 e. The van der Waals surface area contributed by atoms with Crippen molar-refractivity contribution in [3.8, 4) is 0 Å². The first kappa shape index (κ1) is 11.1. The van der Waals surface area contributed by atoms with Gasteiger partial charge in [-0.2, -0.15) is 0 Å². The van der Waals surface area contributed by atoms with Crippen LogP contribution in [-0.4, -0.2) is 12.2 Å². The summed E-state index contributed by atoms with van der Waals surface area (Å²) in [6, 6.07) is 0. The quantitative estimate of drug-likeness (QED) is 0.654. The molecule has 16 heavy (non-hydrogen) atoms. The highest BCUT2D eigenvalue weighted by atomic mass is 16.5. The van der Waals surface area contributed by atoms with E-state index in [2.05, 4.69) is 27.7 Å². The second kappa shape index (κ2) is 3.25. The number of fused-ring (bicyclic) bond motifs is 2. The summed E-state index contributed by atoms with van der Waals surface area (Å²) in [5.74, 6) is 3.83. The molecule has 0 aromatic carbocycles. The number of rotatable bonds is 1. The van der Waals surface area contributed by atoms with Crippen molar-refractivity contribution in [2.24, 2.45) is 29.1 Å². The van der Waals surface area contributed by atoms with Crippen LogP contribution in [0.5, 0.6) is 0 Å². The second-order valence-electron chi connectivity index (χ2n) is 7.64. The second-order valence-corrected chi connectivity index (χ2v) is 7.64. The van der Waals surface area contributed by atoms with E-state index in [0.29, 0.717) is 5.41 Å². The van der Waals surface area contributed by atoms with Crippen molar-refractivity contribution in [3.05, 3.63) is 0 Å². The molecule has 3 aliphatic carbocycles. The molecular formula is C15H26O. The molecule has 92 valence electrons. The van der Waals surface area contributed by atoms with Gasteiger partial charge < -0.3 is 4.74 Å². The summed E-state index contributed by atoms with van der Waals surface area (Å²) in [5.41, 5.74) is 0.783. The molecule has 1 heterocycles. The van der Waals surface area contributed by atoms with Gasteiger partial charge in [0.1, 0.15) is 0 Å². The van der Waals surface area contributed by atoms with Crippen molar-refractivity contribution >= 4 is 0 Å². The lowest BCUT2D eigenvalue weighted by molar-refractivity contribution is -0.121. The van der Waals surface area contributed by atoms with Gasteiger partial charge in [0.15, 0.2) is 0 Å². The van der Waals surface area contributed by atoms with Crippen molar-refractivity contribution < 1.29 is 4.74 Å². The van der Waals surface area contributed by atoms with Gasteiger partial charge in [-0.25, -0.2) is 0 Å². The topological polar surface area (TPSA) is 9.23 Å². The van der Waals surface area contributed by atoms with E-state index >= 15 is 0 Å². The lowest BCUT2D eigenvalue weighted by Gasteiger charge is -2.61. The maximum absolute atomic E-state index is 5.94. The molecule has 1 saturated heterocycles. The van der Waals surface area contributed by atoms with E-state index < -0.39 is 0 Å². The molecule has 1 heteroatoms. The van der Waals surface area contributed by atoms with Gasteiger partial charge in [0.25, 0.3) is 0 Å². The molecule has 1 nitrogen and oxygen atoms in total. The summed E-state index contributed by atoms with van der Waals surface area (Å²) < 4.78 is 5.94. The Kier molecular flexibility index (Phi) is 2.25. The lowest BCUT2D eigenvalue weighted by atomic mass is 9.44. The Morgan fingerprint density at radius 3 is 2.31 bits per heavy atom. The number of ether oxygens (including phenoxy) is 1. The monoisotopic (exact) mass is 222 g/mol. The standard InChI is InChI=1S/C15H26O/c1-14(2)8-10(9-16-14)12-6-5-11-7-13(12)15(11,3)4/h10-13H,5-9H2,1-4H3. The van der Waals surface area contributed by atoms with Crippen molar-refractivity contribution in [2.45, 2.75) is 59.0 Å². The van der Waals surface area contributed by atoms with E-state index in [1.807, 2.05) is 0 Å². The highest BCUT2D eigenvalue weighted by Crippen LogP contribution is 2.63. The molecule has 4 unspecified atom stereocenters. The van der Waals surface area contributed by atoms with Gasteiger partial charge >= 0.3 is 0 Å². The molecule has 0 spiro atoms. The molecule has 0 radical (unpaired) electrons. The van der Waals surface area contributed by atoms with Crippen LogP contribution in [0.2, 0.25) is 0 Å². The number of hydrogen-bond donors (Lipinski definition) is 0. The molecule has 1 aliphatic heterocycles. The third kappa shape index (κ3) is 1.47. The largest absolute Gasteiger partial charge is 0.375 e. The number of hydrogen-bond acceptors (Lipinski definition) is 1.